The molecule has 19 heavy (non-hydrogen) atoms. The van der Waals surface area contributed by atoms with Gasteiger partial charge < -0.3 is 16.0 Å². The van der Waals surface area contributed by atoms with Crippen LogP contribution in [0.3, 0.4) is 0 Å². The number of carbonyl (C=O) groups excluding carboxylic acids is 2. The van der Waals surface area contributed by atoms with Gasteiger partial charge in [0.25, 0.3) is 5.91 Å². The predicted molar refractivity (Wildman–Crippen MR) is 68.9 cm³/mol. The van der Waals surface area contributed by atoms with Crippen molar-refractivity contribution < 1.29 is 14.0 Å². The molecule has 1 aromatic carbocycles. The first-order valence-electron chi connectivity index (χ1n) is 6.07. The van der Waals surface area contributed by atoms with Gasteiger partial charge in [-0.25, -0.2) is 4.39 Å². The van der Waals surface area contributed by atoms with Crippen molar-refractivity contribution in [3.05, 3.63) is 29.6 Å². The molecule has 0 radical (unpaired) electrons. The van der Waals surface area contributed by atoms with E-state index in [1.165, 1.54) is 24.1 Å². The number of amides is 2. The first-order valence-corrected chi connectivity index (χ1v) is 6.07. The minimum Gasteiger partial charge on any atom is -0.399 e. The van der Waals surface area contributed by atoms with E-state index >= 15 is 0 Å². The fraction of sp³-hybridized carbons (Fsp3) is 0.385. The molecule has 1 aromatic rings. The zero-order valence-electron chi connectivity index (χ0n) is 10.6. The van der Waals surface area contributed by atoms with Gasteiger partial charge in [0.05, 0.1) is 12.1 Å². The Kier molecular flexibility index (Phi) is 3.69. The van der Waals surface area contributed by atoms with Crippen LogP contribution in [-0.4, -0.2) is 36.3 Å². The zero-order valence-corrected chi connectivity index (χ0v) is 10.6. The maximum absolute atomic E-state index is 13.6. The van der Waals surface area contributed by atoms with Crippen molar-refractivity contribution in [1.29, 1.82) is 0 Å². The lowest BCUT2D eigenvalue weighted by Gasteiger charge is -2.17. The van der Waals surface area contributed by atoms with Crippen molar-refractivity contribution in [2.45, 2.75) is 18.9 Å². The van der Waals surface area contributed by atoms with E-state index in [1.54, 1.807) is 0 Å². The summed E-state index contributed by atoms with van der Waals surface area (Å²) in [4.78, 5) is 24.7. The molecule has 5 nitrogen and oxygen atoms in total. The molecule has 0 unspecified atom stereocenters. The minimum atomic E-state index is -0.681. The maximum atomic E-state index is 13.6. The number of benzene rings is 1. The third-order valence-electron chi connectivity index (χ3n) is 2.89. The van der Waals surface area contributed by atoms with Gasteiger partial charge in [-0.15, -0.1) is 0 Å². The third-order valence-corrected chi connectivity index (χ3v) is 2.89. The number of nitrogens with one attached hydrogen (secondary N) is 1. The summed E-state index contributed by atoms with van der Waals surface area (Å²) in [5.41, 5.74) is 5.58. The van der Waals surface area contributed by atoms with Crippen molar-refractivity contribution in [3.8, 4) is 0 Å². The first-order chi connectivity index (χ1) is 8.97. The Morgan fingerprint density at radius 2 is 2.16 bits per heavy atom. The van der Waals surface area contributed by atoms with Gasteiger partial charge in [-0.3, -0.25) is 9.59 Å². The van der Waals surface area contributed by atoms with Crippen molar-refractivity contribution in [1.82, 2.24) is 10.2 Å². The lowest BCUT2D eigenvalue weighted by atomic mass is 10.1. The van der Waals surface area contributed by atoms with Crippen molar-refractivity contribution in [3.63, 3.8) is 0 Å². The molecule has 1 aliphatic carbocycles. The Morgan fingerprint density at radius 1 is 1.47 bits per heavy atom. The number of nitrogen functional groups attached to an aromatic ring is 1. The smallest absolute Gasteiger partial charge is 0.257 e. The number of likely N-dealkylation sites (N-methyl/N-ethyl adjacent to an activating group) is 1. The highest BCUT2D eigenvalue weighted by Gasteiger charge is 2.25. The molecule has 1 fully saturated rings. The molecule has 0 saturated heterocycles. The molecule has 0 heterocycles. The van der Waals surface area contributed by atoms with Crippen molar-refractivity contribution in [2.75, 3.05) is 19.3 Å². The van der Waals surface area contributed by atoms with Gasteiger partial charge in [0.15, 0.2) is 0 Å². The molecule has 1 saturated carbocycles. The van der Waals surface area contributed by atoms with Gasteiger partial charge in [-0.1, -0.05) is 0 Å². The standard InChI is InChI=1S/C13H16FN3O2/c1-17(7-12(18)16-9-3-4-9)13(19)10-5-2-8(15)6-11(10)14/h2,5-6,9H,3-4,7,15H2,1H3,(H,16,18). The van der Waals surface area contributed by atoms with E-state index in [4.69, 9.17) is 5.73 Å². The number of carbonyl (C=O) groups is 2. The van der Waals surface area contributed by atoms with E-state index in [0.717, 1.165) is 18.9 Å². The average molecular weight is 265 g/mol. The lowest BCUT2D eigenvalue weighted by Crippen LogP contribution is -2.39. The molecule has 2 rings (SSSR count). The van der Waals surface area contributed by atoms with Crippen LogP contribution in [-0.2, 0) is 4.79 Å². The SMILES string of the molecule is CN(CC(=O)NC1CC1)C(=O)c1ccc(N)cc1F. The third kappa shape index (κ3) is 3.43. The van der Waals surface area contributed by atoms with E-state index in [2.05, 4.69) is 5.32 Å². The maximum Gasteiger partial charge on any atom is 0.257 e. The molecule has 1 aliphatic rings. The van der Waals surface area contributed by atoms with Gasteiger partial charge in [0, 0.05) is 18.8 Å². The molecular weight excluding hydrogens is 249 g/mol. The lowest BCUT2D eigenvalue weighted by molar-refractivity contribution is -0.121. The van der Waals surface area contributed by atoms with Crippen molar-refractivity contribution in [2.24, 2.45) is 0 Å². The highest BCUT2D eigenvalue weighted by atomic mass is 19.1. The molecular formula is C13H16FN3O2. The fourth-order valence-corrected chi connectivity index (χ4v) is 1.70. The summed E-state index contributed by atoms with van der Waals surface area (Å²) in [6.45, 7) is -0.0842. The number of hydrogen-bond donors (Lipinski definition) is 2. The predicted octanol–water partition coefficient (Wildman–Crippen LogP) is 0.759. The fourth-order valence-electron chi connectivity index (χ4n) is 1.70. The number of nitrogens with zero attached hydrogens (tertiary/aromatic N) is 1. The summed E-state index contributed by atoms with van der Waals surface area (Å²) < 4.78 is 13.6. The summed E-state index contributed by atoms with van der Waals surface area (Å²) in [6.07, 6.45) is 1.96. The van der Waals surface area contributed by atoms with Gasteiger partial charge in [0.1, 0.15) is 5.82 Å². The Hall–Kier alpha value is -2.11. The second-order valence-electron chi connectivity index (χ2n) is 4.74. The summed E-state index contributed by atoms with van der Waals surface area (Å²) in [5, 5.41) is 2.77. The van der Waals surface area contributed by atoms with E-state index < -0.39 is 11.7 Å². The number of rotatable bonds is 4. The summed E-state index contributed by atoms with van der Waals surface area (Å²) in [7, 11) is 1.46. The summed E-state index contributed by atoms with van der Waals surface area (Å²) in [6, 6.07) is 4.10. The molecule has 0 bridgehead atoms. The van der Waals surface area contributed by atoms with Crippen LogP contribution in [0.2, 0.25) is 0 Å². The highest BCUT2D eigenvalue weighted by molar-refractivity contribution is 5.96. The monoisotopic (exact) mass is 265 g/mol. The summed E-state index contributed by atoms with van der Waals surface area (Å²) in [5.74, 6) is -1.45. The Balaban J connectivity index is 1.99. The Morgan fingerprint density at radius 3 is 2.74 bits per heavy atom. The quantitative estimate of drug-likeness (QED) is 0.789. The van der Waals surface area contributed by atoms with Crippen LogP contribution < -0.4 is 11.1 Å². The minimum absolute atomic E-state index is 0.0842. The van der Waals surface area contributed by atoms with E-state index in [9.17, 15) is 14.0 Å². The number of nitrogens with two attached hydrogens (primary N) is 1. The van der Waals surface area contributed by atoms with Crippen LogP contribution in [0.15, 0.2) is 18.2 Å². The largest absolute Gasteiger partial charge is 0.399 e. The zero-order chi connectivity index (χ0) is 14.0. The van der Waals surface area contributed by atoms with Crippen LogP contribution in [0, 0.1) is 5.82 Å². The van der Waals surface area contributed by atoms with Gasteiger partial charge in [0.2, 0.25) is 5.91 Å². The number of anilines is 1. The molecule has 6 heteroatoms. The second-order valence-corrected chi connectivity index (χ2v) is 4.74. The molecule has 0 aliphatic heterocycles. The summed E-state index contributed by atoms with van der Waals surface area (Å²) >= 11 is 0. The topological polar surface area (TPSA) is 75.4 Å². The van der Waals surface area contributed by atoms with Gasteiger partial charge in [-0.2, -0.15) is 0 Å². The first kappa shape index (κ1) is 13.3. The number of hydrogen-bond acceptors (Lipinski definition) is 3. The molecule has 2 amide bonds. The molecule has 102 valence electrons. The van der Waals surface area contributed by atoms with Crippen LogP contribution in [0.1, 0.15) is 23.2 Å². The van der Waals surface area contributed by atoms with Crippen LogP contribution in [0.5, 0.6) is 0 Å². The van der Waals surface area contributed by atoms with Crippen LogP contribution in [0.4, 0.5) is 10.1 Å². The van der Waals surface area contributed by atoms with E-state index in [1.807, 2.05) is 0 Å². The van der Waals surface area contributed by atoms with E-state index in [0.29, 0.717) is 0 Å². The molecule has 0 atom stereocenters. The Labute approximate surface area is 110 Å². The van der Waals surface area contributed by atoms with E-state index in [-0.39, 0.29) is 29.7 Å². The van der Waals surface area contributed by atoms with Gasteiger partial charge >= 0.3 is 0 Å². The van der Waals surface area contributed by atoms with Crippen LogP contribution >= 0.6 is 0 Å². The molecule has 0 aromatic heterocycles. The molecule has 3 N–H and O–H groups in total. The normalized spacial score (nSPS) is 14.0. The van der Waals surface area contributed by atoms with Gasteiger partial charge in [-0.05, 0) is 31.0 Å². The number of halogens is 1. The second kappa shape index (κ2) is 5.26. The molecule has 0 spiro atoms. The Bertz CT molecular complexity index is 515. The van der Waals surface area contributed by atoms with Crippen LogP contribution in [0.25, 0.3) is 0 Å². The average Bonchev–Trinajstić information content (AvgIpc) is 3.11. The van der Waals surface area contributed by atoms with Crippen molar-refractivity contribution >= 4 is 17.5 Å². The highest BCUT2D eigenvalue weighted by Crippen LogP contribution is 2.18.